The molecule has 0 N–H and O–H groups in total. The van der Waals surface area contributed by atoms with Gasteiger partial charge in [0, 0.05) is 28.2 Å². The van der Waals surface area contributed by atoms with E-state index >= 15 is 0 Å². The van der Waals surface area contributed by atoms with Crippen LogP contribution < -0.4 is 0 Å². The quantitative estimate of drug-likeness (QED) is 0.669. The average molecular weight is 404 g/mol. The van der Waals surface area contributed by atoms with Gasteiger partial charge in [0.05, 0.1) is 6.10 Å². The first-order valence-electron chi connectivity index (χ1n) is 6.81. The molecule has 3 rings (SSSR count). The third-order valence-electron chi connectivity index (χ3n) is 4.08. The van der Waals surface area contributed by atoms with Gasteiger partial charge in [0.2, 0.25) is 0 Å². The number of Topliss-reactive ketones (excluding diaryl/α,β-unsaturated/α-hetero) is 1. The molecule has 20 heavy (non-hydrogen) atoms. The fourth-order valence-electron chi connectivity index (χ4n) is 3.05. The Labute approximate surface area is 135 Å². The van der Waals surface area contributed by atoms with Gasteiger partial charge in [-0.2, -0.15) is 0 Å². The van der Waals surface area contributed by atoms with E-state index in [1.165, 1.54) is 0 Å². The normalized spacial score (nSPS) is 38.0. The van der Waals surface area contributed by atoms with Crippen molar-refractivity contribution in [3.05, 3.63) is 27.0 Å². The summed E-state index contributed by atoms with van der Waals surface area (Å²) in [6.45, 7) is 1.66. The van der Waals surface area contributed by atoms with Crippen LogP contribution >= 0.6 is 31.9 Å². The van der Waals surface area contributed by atoms with Gasteiger partial charge in [-0.25, -0.2) is 0 Å². The second-order valence-corrected chi connectivity index (χ2v) is 7.07. The Hall–Kier alpha value is -0.350. The van der Waals surface area contributed by atoms with Gasteiger partial charge in [0.15, 0.2) is 6.10 Å². The Morgan fingerprint density at radius 2 is 2.35 bits per heavy atom. The number of hydrogen-bond acceptors (Lipinski definition) is 3. The summed E-state index contributed by atoms with van der Waals surface area (Å²) in [5.41, 5.74) is 3.01. The Bertz CT molecular complexity index is 519. The summed E-state index contributed by atoms with van der Waals surface area (Å²) in [5.74, 6) is 2.17. The highest BCUT2D eigenvalue weighted by molar-refractivity contribution is 9.11. The van der Waals surface area contributed by atoms with Crippen molar-refractivity contribution in [3.63, 3.8) is 0 Å². The van der Waals surface area contributed by atoms with Crippen LogP contribution in [-0.4, -0.2) is 24.1 Å². The zero-order chi connectivity index (χ0) is 14.3. The maximum Gasteiger partial charge on any atom is 0.153 e. The number of carbonyl (C=O) groups excluding carboxylic acids is 1. The number of rotatable bonds is 4. The Kier molecular flexibility index (Phi) is 4.23. The van der Waals surface area contributed by atoms with E-state index in [4.69, 9.17) is 9.47 Å². The highest BCUT2D eigenvalue weighted by Gasteiger charge is 2.56. The maximum absolute atomic E-state index is 11.2. The van der Waals surface area contributed by atoms with Gasteiger partial charge in [0.25, 0.3) is 0 Å². The lowest BCUT2D eigenvalue weighted by Crippen LogP contribution is -2.50. The predicted molar refractivity (Wildman–Crippen MR) is 82.6 cm³/mol. The smallest absolute Gasteiger partial charge is 0.153 e. The standard InChI is InChI=1S/C15H16Br2O3/c1-8(18)5-9-6-11(9)13-15-14(20-13)12(17)7-10(19-15)3-2-4-16/h3-4,9-11,13,15H,5-7H2,1H3/t2?,9-,10-,11+,13+,15+/m1/s1. The molecule has 2 heterocycles. The molecule has 108 valence electrons. The van der Waals surface area contributed by atoms with Gasteiger partial charge >= 0.3 is 0 Å². The van der Waals surface area contributed by atoms with Crippen molar-refractivity contribution >= 4 is 37.6 Å². The van der Waals surface area contributed by atoms with Gasteiger partial charge in [-0.05, 0) is 25.3 Å². The molecule has 0 spiro atoms. The molecule has 3 aliphatic rings. The predicted octanol–water partition coefficient (Wildman–Crippen LogP) is 3.83. The molecule has 0 aromatic rings. The van der Waals surface area contributed by atoms with Crippen molar-refractivity contribution in [3.8, 4) is 0 Å². The van der Waals surface area contributed by atoms with Gasteiger partial charge in [-0.15, -0.1) is 5.73 Å². The Balaban J connectivity index is 1.64. The molecule has 1 aliphatic carbocycles. The lowest BCUT2D eigenvalue weighted by molar-refractivity contribution is -0.168. The van der Waals surface area contributed by atoms with Crippen LogP contribution in [0.25, 0.3) is 0 Å². The number of fused-ring (bicyclic) bond motifs is 1. The molecule has 5 heteroatoms. The van der Waals surface area contributed by atoms with Crippen LogP contribution in [0.3, 0.4) is 0 Å². The second kappa shape index (κ2) is 5.80. The summed E-state index contributed by atoms with van der Waals surface area (Å²) >= 11 is 6.79. The first kappa shape index (κ1) is 14.6. The van der Waals surface area contributed by atoms with Crippen LogP contribution in [0.2, 0.25) is 0 Å². The zero-order valence-electron chi connectivity index (χ0n) is 11.1. The fourth-order valence-corrected chi connectivity index (χ4v) is 3.85. The molecule has 1 saturated heterocycles. The number of carbonyl (C=O) groups is 1. The van der Waals surface area contributed by atoms with Crippen molar-refractivity contribution < 1.29 is 14.3 Å². The minimum absolute atomic E-state index is 0.0309. The summed E-state index contributed by atoms with van der Waals surface area (Å²) < 4.78 is 13.0. The molecule has 3 nitrogen and oxygen atoms in total. The summed E-state index contributed by atoms with van der Waals surface area (Å²) in [4.78, 5) is 12.9. The van der Waals surface area contributed by atoms with Crippen molar-refractivity contribution in [1.29, 1.82) is 0 Å². The molecular weight excluding hydrogens is 388 g/mol. The van der Waals surface area contributed by atoms with Gasteiger partial charge in [0.1, 0.15) is 17.6 Å². The first-order chi connectivity index (χ1) is 9.60. The maximum atomic E-state index is 11.2. The second-order valence-electron chi connectivity index (χ2n) is 5.66. The minimum Gasteiger partial charge on any atom is -0.487 e. The van der Waals surface area contributed by atoms with Crippen molar-refractivity contribution in [2.24, 2.45) is 11.8 Å². The molecule has 2 fully saturated rings. The summed E-state index contributed by atoms with van der Waals surface area (Å²) in [5, 5.41) is 0. The number of halogens is 2. The molecule has 1 saturated carbocycles. The summed E-state index contributed by atoms with van der Waals surface area (Å²) in [7, 11) is 0. The number of ketones is 1. The molecule has 0 radical (unpaired) electrons. The lowest BCUT2D eigenvalue weighted by Gasteiger charge is -2.45. The highest BCUT2D eigenvalue weighted by Crippen LogP contribution is 2.53. The fraction of sp³-hybridized carbons (Fsp3) is 0.600. The van der Waals surface area contributed by atoms with E-state index in [2.05, 4.69) is 37.6 Å². The monoisotopic (exact) mass is 402 g/mol. The largest absolute Gasteiger partial charge is 0.487 e. The molecule has 2 aliphatic heterocycles. The van der Waals surface area contributed by atoms with Gasteiger partial charge in [-0.1, -0.05) is 31.9 Å². The molecule has 0 bridgehead atoms. The van der Waals surface area contributed by atoms with E-state index in [0.717, 1.165) is 23.1 Å². The van der Waals surface area contributed by atoms with E-state index in [1.807, 2.05) is 6.08 Å². The molecule has 0 amide bonds. The molecule has 0 aromatic carbocycles. The van der Waals surface area contributed by atoms with E-state index in [9.17, 15) is 4.79 Å². The van der Waals surface area contributed by atoms with E-state index in [1.54, 1.807) is 11.9 Å². The molecule has 5 atom stereocenters. The first-order valence-corrected chi connectivity index (χ1v) is 8.52. The zero-order valence-corrected chi connectivity index (χ0v) is 14.3. The molecular formula is C15H16Br2O3. The molecule has 0 unspecified atom stereocenters. The third kappa shape index (κ3) is 2.82. The third-order valence-corrected chi connectivity index (χ3v) is 5.06. The summed E-state index contributed by atoms with van der Waals surface area (Å²) in [6, 6.07) is 0. The van der Waals surface area contributed by atoms with Crippen LogP contribution in [0.15, 0.2) is 27.0 Å². The highest BCUT2D eigenvalue weighted by atomic mass is 79.9. The Morgan fingerprint density at radius 3 is 3.05 bits per heavy atom. The van der Waals surface area contributed by atoms with Crippen LogP contribution in [0.1, 0.15) is 26.2 Å². The number of ether oxygens (including phenoxy) is 2. The van der Waals surface area contributed by atoms with Crippen molar-refractivity contribution in [1.82, 2.24) is 0 Å². The average Bonchev–Trinajstić information content (AvgIpc) is 3.07. The number of hydrogen-bond donors (Lipinski definition) is 0. The van der Waals surface area contributed by atoms with Gasteiger partial charge in [-0.3, -0.25) is 0 Å². The summed E-state index contributed by atoms with van der Waals surface area (Å²) in [6.07, 6.45) is 4.65. The topological polar surface area (TPSA) is 35.5 Å². The lowest BCUT2D eigenvalue weighted by atomic mass is 9.95. The van der Waals surface area contributed by atoms with Crippen LogP contribution in [0, 0.1) is 11.8 Å². The van der Waals surface area contributed by atoms with E-state index < -0.39 is 0 Å². The van der Waals surface area contributed by atoms with Gasteiger partial charge < -0.3 is 14.3 Å². The van der Waals surface area contributed by atoms with E-state index in [-0.39, 0.29) is 24.1 Å². The van der Waals surface area contributed by atoms with Crippen LogP contribution in [0.4, 0.5) is 0 Å². The minimum atomic E-state index is 0.0309. The Morgan fingerprint density at radius 1 is 1.55 bits per heavy atom. The van der Waals surface area contributed by atoms with E-state index in [0.29, 0.717) is 18.3 Å². The SMILES string of the molecule is CC(=O)C[C@@H]1C[C@@H]1[C@@H]1OC2=C(Br)C[C@@H](C=C=CBr)O[C@H]21. The molecule has 0 aromatic heterocycles. The van der Waals surface area contributed by atoms with Crippen molar-refractivity contribution in [2.75, 3.05) is 0 Å². The van der Waals surface area contributed by atoms with Crippen LogP contribution in [-0.2, 0) is 14.3 Å². The van der Waals surface area contributed by atoms with Crippen LogP contribution in [0.5, 0.6) is 0 Å². The van der Waals surface area contributed by atoms with Crippen molar-refractivity contribution in [2.45, 2.75) is 44.5 Å².